The number of H-pyrrole nitrogens is 1. The summed E-state index contributed by atoms with van der Waals surface area (Å²) in [4.78, 5) is 17.2. The number of aromatic nitrogens is 1. The lowest BCUT2D eigenvalue weighted by molar-refractivity contribution is 0.0956. The molecule has 3 aromatic carbocycles. The monoisotopic (exact) mass is 434 g/mol. The van der Waals surface area contributed by atoms with E-state index in [4.69, 9.17) is 11.6 Å². The number of hydrogen-bond acceptors (Lipinski definition) is 2. The average molecular weight is 435 g/mol. The van der Waals surface area contributed by atoms with Gasteiger partial charge in [0.2, 0.25) is 0 Å². The lowest BCUT2D eigenvalue weighted by atomic mass is 10.1. The van der Waals surface area contributed by atoms with E-state index in [1.54, 1.807) is 11.8 Å². The molecule has 30 heavy (non-hydrogen) atoms. The topological polar surface area (TPSA) is 44.9 Å². The van der Waals surface area contributed by atoms with Crippen molar-refractivity contribution in [1.82, 2.24) is 10.3 Å². The van der Waals surface area contributed by atoms with Gasteiger partial charge in [0.25, 0.3) is 5.91 Å². The maximum atomic E-state index is 12.5. The van der Waals surface area contributed by atoms with Crippen LogP contribution < -0.4 is 5.32 Å². The highest BCUT2D eigenvalue weighted by atomic mass is 35.5. The van der Waals surface area contributed by atoms with Gasteiger partial charge in [-0.2, -0.15) is 0 Å². The third-order valence-corrected chi connectivity index (χ3v) is 6.57. The number of amides is 1. The smallest absolute Gasteiger partial charge is 0.251 e. The molecule has 4 rings (SSSR count). The van der Waals surface area contributed by atoms with E-state index in [2.05, 4.69) is 22.4 Å². The van der Waals surface area contributed by atoms with Crippen LogP contribution in [0.2, 0.25) is 5.02 Å². The molecule has 0 bridgehead atoms. The van der Waals surface area contributed by atoms with Gasteiger partial charge in [-0.25, -0.2) is 0 Å². The van der Waals surface area contributed by atoms with E-state index in [1.807, 2.05) is 68.4 Å². The van der Waals surface area contributed by atoms with Crippen LogP contribution in [0.3, 0.4) is 0 Å². The number of carbonyl (C=O) groups excluding carboxylic acids is 1. The van der Waals surface area contributed by atoms with Crippen molar-refractivity contribution in [3.05, 3.63) is 88.4 Å². The van der Waals surface area contributed by atoms with Gasteiger partial charge < -0.3 is 10.3 Å². The van der Waals surface area contributed by atoms with E-state index in [0.29, 0.717) is 12.1 Å². The van der Waals surface area contributed by atoms with Crippen LogP contribution in [-0.4, -0.2) is 23.2 Å². The largest absolute Gasteiger partial charge is 0.354 e. The fourth-order valence-corrected chi connectivity index (χ4v) is 4.57. The summed E-state index contributed by atoms with van der Waals surface area (Å²) in [7, 11) is 0. The molecule has 3 nitrogen and oxygen atoms in total. The number of aryl methyl sites for hydroxylation is 2. The third-order valence-electron chi connectivity index (χ3n) is 5.19. The molecule has 0 radical (unpaired) electrons. The van der Waals surface area contributed by atoms with Crippen LogP contribution in [-0.2, 0) is 0 Å². The first-order chi connectivity index (χ1) is 14.5. The minimum Gasteiger partial charge on any atom is -0.354 e. The molecule has 0 fully saturated rings. The van der Waals surface area contributed by atoms with Crippen LogP contribution >= 0.6 is 23.4 Å². The molecule has 0 unspecified atom stereocenters. The van der Waals surface area contributed by atoms with E-state index in [-0.39, 0.29) is 5.91 Å². The quantitative estimate of drug-likeness (QED) is 0.264. The molecule has 0 saturated carbocycles. The fraction of sp³-hybridized carbons (Fsp3) is 0.160. The van der Waals surface area contributed by atoms with Crippen molar-refractivity contribution < 1.29 is 4.79 Å². The summed E-state index contributed by atoms with van der Waals surface area (Å²) >= 11 is 7.81. The Morgan fingerprint density at radius 1 is 1.00 bits per heavy atom. The standard InChI is InChI=1S/C25H23ClN2OS/c1-16-7-8-19(15-17(16)2)25(29)27-13-14-30-24-21-5-3-4-6-22(21)28-23(24)18-9-11-20(26)12-10-18/h3-12,15,28H,13-14H2,1-2H3,(H,27,29). The molecule has 0 aliphatic carbocycles. The van der Waals surface area contributed by atoms with Crippen molar-refractivity contribution in [3.8, 4) is 11.3 Å². The number of halogens is 1. The van der Waals surface area contributed by atoms with Gasteiger partial charge in [0.05, 0.1) is 5.69 Å². The number of para-hydroxylation sites is 1. The first-order valence-electron chi connectivity index (χ1n) is 9.88. The van der Waals surface area contributed by atoms with Crippen molar-refractivity contribution in [2.24, 2.45) is 0 Å². The summed E-state index contributed by atoms with van der Waals surface area (Å²) in [6, 6.07) is 22.0. The van der Waals surface area contributed by atoms with Crippen LogP contribution in [0.25, 0.3) is 22.2 Å². The first kappa shape index (κ1) is 20.6. The van der Waals surface area contributed by atoms with E-state index in [1.165, 1.54) is 15.8 Å². The number of thioether (sulfide) groups is 1. The highest BCUT2D eigenvalue weighted by molar-refractivity contribution is 7.99. The first-order valence-corrected chi connectivity index (χ1v) is 11.2. The zero-order valence-electron chi connectivity index (χ0n) is 17.0. The van der Waals surface area contributed by atoms with E-state index < -0.39 is 0 Å². The van der Waals surface area contributed by atoms with Gasteiger partial charge in [-0.05, 0) is 60.9 Å². The van der Waals surface area contributed by atoms with Gasteiger partial charge in [-0.15, -0.1) is 11.8 Å². The van der Waals surface area contributed by atoms with Gasteiger partial charge in [0, 0.05) is 38.7 Å². The molecule has 1 aromatic heterocycles. The molecule has 1 amide bonds. The zero-order valence-corrected chi connectivity index (χ0v) is 18.5. The Labute approximate surface area is 185 Å². The van der Waals surface area contributed by atoms with Crippen LogP contribution in [0.5, 0.6) is 0 Å². The van der Waals surface area contributed by atoms with Gasteiger partial charge in [-0.1, -0.05) is 48.0 Å². The second-order valence-electron chi connectivity index (χ2n) is 7.29. The Bertz CT molecular complexity index is 1200. The van der Waals surface area contributed by atoms with E-state index >= 15 is 0 Å². The number of fused-ring (bicyclic) bond motifs is 1. The summed E-state index contributed by atoms with van der Waals surface area (Å²) in [6.45, 7) is 4.67. The summed E-state index contributed by atoms with van der Waals surface area (Å²) in [5.74, 6) is 0.745. The number of hydrogen-bond donors (Lipinski definition) is 2. The lowest BCUT2D eigenvalue weighted by Gasteiger charge is -2.08. The van der Waals surface area contributed by atoms with Crippen LogP contribution in [0, 0.1) is 13.8 Å². The minimum atomic E-state index is -0.0319. The maximum Gasteiger partial charge on any atom is 0.251 e. The van der Waals surface area contributed by atoms with Crippen molar-refractivity contribution in [1.29, 1.82) is 0 Å². The van der Waals surface area contributed by atoms with Crippen molar-refractivity contribution in [2.45, 2.75) is 18.7 Å². The summed E-state index contributed by atoms with van der Waals surface area (Å²) < 4.78 is 0. The fourth-order valence-electron chi connectivity index (χ4n) is 3.39. The second-order valence-corrected chi connectivity index (χ2v) is 8.83. The van der Waals surface area contributed by atoms with Gasteiger partial charge >= 0.3 is 0 Å². The molecule has 0 aliphatic rings. The van der Waals surface area contributed by atoms with Crippen molar-refractivity contribution in [2.75, 3.05) is 12.3 Å². The predicted octanol–water partition coefficient (Wildman–Crippen LogP) is 6.63. The number of carbonyl (C=O) groups is 1. The van der Waals surface area contributed by atoms with E-state index in [9.17, 15) is 4.79 Å². The molecule has 152 valence electrons. The van der Waals surface area contributed by atoms with Crippen molar-refractivity contribution >= 4 is 40.2 Å². The molecule has 5 heteroatoms. The molecule has 0 spiro atoms. The Morgan fingerprint density at radius 3 is 2.53 bits per heavy atom. The van der Waals surface area contributed by atoms with E-state index in [0.717, 1.165) is 33.1 Å². The summed E-state index contributed by atoms with van der Waals surface area (Å²) in [5, 5.41) is 4.94. The molecular weight excluding hydrogens is 412 g/mol. The van der Waals surface area contributed by atoms with Gasteiger partial charge in [-0.3, -0.25) is 4.79 Å². The number of benzene rings is 3. The number of aromatic amines is 1. The lowest BCUT2D eigenvalue weighted by Crippen LogP contribution is -2.25. The molecule has 0 saturated heterocycles. The van der Waals surface area contributed by atoms with Crippen LogP contribution in [0.4, 0.5) is 0 Å². The Kier molecular flexibility index (Phi) is 6.16. The molecule has 1 heterocycles. The normalized spacial score (nSPS) is 11.0. The Morgan fingerprint density at radius 2 is 1.77 bits per heavy atom. The van der Waals surface area contributed by atoms with Crippen molar-refractivity contribution in [3.63, 3.8) is 0 Å². The van der Waals surface area contributed by atoms with Gasteiger partial charge in [0.1, 0.15) is 0 Å². The second kappa shape index (κ2) is 8.99. The summed E-state index contributed by atoms with van der Waals surface area (Å²) in [6.07, 6.45) is 0. The Balaban J connectivity index is 1.48. The highest BCUT2D eigenvalue weighted by Gasteiger charge is 2.14. The minimum absolute atomic E-state index is 0.0319. The highest BCUT2D eigenvalue weighted by Crippen LogP contribution is 2.37. The SMILES string of the molecule is Cc1ccc(C(=O)NCCSc2c(-c3ccc(Cl)cc3)[nH]c3ccccc23)cc1C. The maximum absolute atomic E-state index is 12.5. The Hall–Kier alpha value is -2.69. The number of rotatable bonds is 6. The van der Waals surface area contributed by atoms with Crippen LogP contribution in [0.15, 0.2) is 71.6 Å². The zero-order chi connectivity index (χ0) is 21.1. The van der Waals surface area contributed by atoms with Gasteiger partial charge in [0.15, 0.2) is 0 Å². The number of nitrogens with one attached hydrogen (secondary N) is 2. The molecule has 0 atom stereocenters. The third kappa shape index (κ3) is 4.40. The van der Waals surface area contributed by atoms with Crippen LogP contribution in [0.1, 0.15) is 21.5 Å². The molecular formula is C25H23ClN2OS. The molecule has 0 aliphatic heterocycles. The molecule has 2 N–H and O–H groups in total. The molecule has 4 aromatic rings. The average Bonchev–Trinajstić information content (AvgIpc) is 3.12. The summed E-state index contributed by atoms with van der Waals surface area (Å²) in [5.41, 5.74) is 6.30. The predicted molar refractivity (Wildman–Crippen MR) is 128 cm³/mol.